The van der Waals surface area contributed by atoms with Crippen LogP contribution in [0.15, 0.2) is 61.2 Å². The van der Waals surface area contributed by atoms with E-state index >= 15 is 0 Å². The van der Waals surface area contributed by atoms with Crippen molar-refractivity contribution in [2.45, 2.75) is 50.9 Å². The largest absolute Gasteiger partial charge is 0.489 e. The number of fused-ring (bicyclic) bond motifs is 1. The summed E-state index contributed by atoms with van der Waals surface area (Å²) < 4.78 is 47.3. The first-order valence-corrected chi connectivity index (χ1v) is 11.2. The molecule has 1 aromatic heterocycles. The number of carbonyl (C=O) groups is 1. The van der Waals surface area contributed by atoms with Gasteiger partial charge in [0, 0.05) is 18.0 Å². The summed E-state index contributed by atoms with van der Waals surface area (Å²) in [7, 11) is 0. The van der Waals surface area contributed by atoms with Crippen LogP contribution in [0.1, 0.15) is 53.7 Å². The highest BCUT2D eigenvalue weighted by molar-refractivity contribution is 6.00. The lowest BCUT2D eigenvalue weighted by atomic mass is 9.95. The second-order valence-electron chi connectivity index (χ2n) is 8.41. The van der Waals surface area contributed by atoms with Crippen LogP contribution in [0.5, 0.6) is 5.75 Å². The van der Waals surface area contributed by atoms with Gasteiger partial charge < -0.3 is 14.6 Å². The van der Waals surface area contributed by atoms with Crippen molar-refractivity contribution >= 4 is 16.8 Å². The number of nitrogens with one attached hydrogen (secondary N) is 1. The summed E-state index contributed by atoms with van der Waals surface area (Å²) in [6.07, 6.45) is 2.42. The van der Waals surface area contributed by atoms with Crippen molar-refractivity contribution in [2.75, 3.05) is 6.61 Å². The van der Waals surface area contributed by atoms with Crippen molar-refractivity contribution in [2.24, 2.45) is 0 Å². The highest BCUT2D eigenvalue weighted by atomic mass is 19.4. The van der Waals surface area contributed by atoms with E-state index in [1.165, 1.54) is 12.5 Å². The van der Waals surface area contributed by atoms with E-state index in [0.29, 0.717) is 23.6 Å². The number of rotatable bonds is 7. The van der Waals surface area contributed by atoms with Crippen molar-refractivity contribution in [1.82, 2.24) is 9.88 Å². The van der Waals surface area contributed by atoms with E-state index in [-0.39, 0.29) is 18.5 Å². The second-order valence-corrected chi connectivity index (χ2v) is 8.41. The minimum atomic E-state index is -4.43. The molecule has 0 spiro atoms. The van der Waals surface area contributed by atoms with E-state index in [1.807, 2.05) is 18.2 Å². The van der Waals surface area contributed by atoms with Gasteiger partial charge in [-0.25, -0.2) is 0 Å². The molecular formula is C26H27F3N2O2. The van der Waals surface area contributed by atoms with Gasteiger partial charge in [0.2, 0.25) is 0 Å². The molecule has 1 heterocycles. The van der Waals surface area contributed by atoms with Crippen LogP contribution >= 0.6 is 0 Å². The Morgan fingerprint density at radius 1 is 1.12 bits per heavy atom. The number of aromatic nitrogens is 1. The first kappa shape index (κ1) is 23.0. The molecule has 0 bridgehead atoms. The predicted molar refractivity (Wildman–Crippen MR) is 123 cm³/mol. The molecular weight excluding hydrogens is 429 g/mol. The fourth-order valence-electron chi connectivity index (χ4n) is 4.43. The van der Waals surface area contributed by atoms with Crippen LogP contribution in [0.4, 0.5) is 13.2 Å². The zero-order valence-corrected chi connectivity index (χ0v) is 18.3. The normalized spacial score (nSPS) is 14.9. The maximum Gasteiger partial charge on any atom is 0.416 e. The average molecular weight is 457 g/mol. The number of halogens is 3. The number of benzene rings is 2. The van der Waals surface area contributed by atoms with Crippen molar-refractivity contribution in [3.05, 3.63) is 78.0 Å². The first-order chi connectivity index (χ1) is 15.9. The lowest BCUT2D eigenvalue weighted by molar-refractivity contribution is -0.137. The van der Waals surface area contributed by atoms with Gasteiger partial charge in [0.25, 0.3) is 5.91 Å². The number of ether oxygens (including phenoxy) is 1. The fourth-order valence-corrected chi connectivity index (χ4v) is 4.43. The van der Waals surface area contributed by atoms with Crippen molar-refractivity contribution in [1.29, 1.82) is 0 Å². The molecule has 0 unspecified atom stereocenters. The molecule has 2 aromatic carbocycles. The summed E-state index contributed by atoms with van der Waals surface area (Å²) in [6, 6.07) is 12.6. The molecule has 0 atom stereocenters. The summed E-state index contributed by atoms with van der Waals surface area (Å²) in [5, 5.41) is 3.86. The lowest BCUT2D eigenvalue weighted by Gasteiger charge is -2.23. The van der Waals surface area contributed by atoms with Gasteiger partial charge in [-0.2, -0.15) is 13.2 Å². The van der Waals surface area contributed by atoms with Gasteiger partial charge in [-0.1, -0.05) is 50.1 Å². The molecule has 174 valence electrons. The smallest absolute Gasteiger partial charge is 0.416 e. The quantitative estimate of drug-likeness (QED) is 0.422. The minimum Gasteiger partial charge on any atom is -0.489 e. The average Bonchev–Trinajstić information content (AvgIpc) is 3.17. The molecule has 1 N–H and O–H groups in total. The van der Waals surface area contributed by atoms with Gasteiger partial charge in [-0.3, -0.25) is 4.79 Å². The SMILES string of the molecule is C=CCOc1cccc2c1cc(C(=O)NC1CCCCC1)n2Cc1cccc(C(F)(F)F)c1. The van der Waals surface area contributed by atoms with Crippen LogP contribution in [0.2, 0.25) is 0 Å². The van der Waals surface area contributed by atoms with E-state index in [2.05, 4.69) is 11.9 Å². The van der Waals surface area contributed by atoms with Crippen molar-refractivity contribution < 1.29 is 22.7 Å². The summed E-state index contributed by atoms with van der Waals surface area (Å²) in [5.41, 5.74) is 0.886. The predicted octanol–water partition coefficient (Wildman–Crippen LogP) is 6.34. The molecule has 4 nitrogen and oxygen atoms in total. The van der Waals surface area contributed by atoms with Gasteiger partial charge in [0.15, 0.2) is 0 Å². The summed E-state index contributed by atoms with van der Waals surface area (Å²) in [6.45, 7) is 4.11. The van der Waals surface area contributed by atoms with Crippen molar-refractivity contribution in [3.63, 3.8) is 0 Å². The zero-order valence-electron chi connectivity index (χ0n) is 18.3. The number of nitrogens with zero attached hydrogens (tertiary/aromatic N) is 1. The molecule has 1 aliphatic carbocycles. The maximum atomic E-state index is 13.3. The molecule has 0 radical (unpaired) electrons. The van der Waals surface area contributed by atoms with Crippen LogP contribution in [-0.2, 0) is 12.7 Å². The Labute approximate surface area is 191 Å². The minimum absolute atomic E-state index is 0.114. The number of alkyl halides is 3. The highest BCUT2D eigenvalue weighted by Crippen LogP contribution is 2.32. The molecule has 1 amide bonds. The Morgan fingerprint density at radius 2 is 1.88 bits per heavy atom. The van der Waals surface area contributed by atoms with E-state index in [1.54, 1.807) is 22.8 Å². The summed E-state index contributed by atoms with van der Waals surface area (Å²) in [5.74, 6) is 0.377. The highest BCUT2D eigenvalue weighted by Gasteiger charge is 2.30. The molecule has 1 fully saturated rings. The first-order valence-electron chi connectivity index (χ1n) is 11.2. The molecule has 3 aromatic rings. The third-order valence-corrected chi connectivity index (χ3v) is 6.03. The number of carbonyl (C=O) groups excluding carboxylic acids is 1. The summed E-state index contributed by atoms with van der Waals surface area (Å²) in [4.78, 5) is 13.3. The van der Waals surface area contributed by atoms with Crippen LogP contribution in [0.25, 0.3) is 10.9 Å². The van der Waals surface area contributed by atoms with Gasteiger partial charge in [0.1, 0.15) is 18.1 Å². The maximum absolute atomic E-state index is 13.3. The number of hydrogen-bond donors (Lipinski definition) is 1. The van der Waals surface area contributed by atoms with Crippen molar-refractivity contribution in [3.8, 4) is 5.75 Å². The standard InChI is InChI=1S/C26H27F3N2O2/c1-2-14-33-24-13-7-12-22-21(24)16-23(25(32)30-20-10-4-3-5-11-20)31(22)17-18-8-6-9-19(15-18)26(27,28)29/h2,6-9,12-13,15-16,20H,1,3-5,10-11,14,17H2,(H,30,32). The molecule has 7 heteroatoms. The van der Waals surface area contributed by atoms with Gasteiger partial charge >= 0.3 is 6.18 Å². The van der Waals surface area contributed by atoms with E-state index in [0.717, 1.165) is 48.7 Å². The van der Waals surface area contributed by atoms with Crippen LogP contribution in [-0.4, -0.2) is 23.1 Å². The number of amides is 1. The molecule has 0 aliphatic heterocycles. The van der Waals surface area contributed by atoms with E-state index in [4.69, 9.17) is 4.74 Å². The van der Waals surface area contributed by atoms with Crippen LogP contribution in [0.3, 0.4) is 0 Å². The molecule has 0 saturated heterocycles. The number of hydrogen-bond acceptors (Lipinski definition) is 2. The second kappa shape index (κ2) is 9.73. The molecule has 4 rings (SSSR count). The fraction of sp³-hybridized carbons (Fsp3) is 0.346. The topological polar surface area (TPSA) is 43.3 Å². The third-order valence-electron chi connectivity index (χ3n) is 6.03. The third kappa shape index (κ3) is 5.24. The Bertz CT molecular complexity index is 1140. The molecule has 1 aliphatic rings. The van der Waals surface area contributed by atoms with Gasteiger partial charge in [0.05, 0.1) is 11.1 Å². The Morgan fingerprint density at radius 3 is 2.61 bits per heavy atom. The Hall–Kier alpha value is -3.22. The zero-order chi connectivity index (χ0) is 23.4. The Kier molecular flexibility index (Phi) is 6.77. The van der Waals surface area contributed by atoms with E-state index < -0.39 is 11.7 Å². The van der Waals surface area contributed by atoms with Gasteiger partial charge in [-0.05, 0) is 48.7 Å². The molecule has 1 saturated carbocycles. The summed E-state index contributed by atoms with van der Waals surface area (Å²) >= 11 is 0. The monoisotopic (exact) mass is 456 g/mol. The Balaban J connectivity index is 1.74. The van der Waals surface area contributed by atoms with Gasteiger partial charge in [-0.15, -0.1) is 0 Å². The van der Waals surface area contributed by atoms with Crippen LogP contribution < -0.4 is 10.1 Å². The molecule has 33 heavy (non-hydrogen) atoms. The lowest BCUT2D eigenvalue weighted by Crippen LogP contribution is -2.37. The van der Waals surface area contributed by atoms with Crippen LogP contribution in [0, 0.1) is 0 Å². The van der Waals surface area contributed by atoms with E-state index in [9.17, 15) is 18.0 Å².